The van der Waals surface area contributed by atoms with Gasteiger partial charge in [-0.1, -0.05) is 25.1 Å². The molecule has 8 heteroatoms. The van der Waals surface area contributed by atoms with Gasteiger partial charge in [-0.2, -0.15) is 5.26 Å². The van der Waals surface area contributed by atoms with E-state index in [-0.39, 0.29) is 18.3 Å². The molecule has 0 spiro atoms. The number of nitrogens with two attached hydrogens (primary N) is 1. The lowest BCUT2D eigenvalue weighted by Crippen LogP contribution is -2.30. The molecule has 2 aliphatic rings. The standard InChI is InChI=1S/C24H26N6O2/c1-3-15-7-6-8-16-18(12-30(22(15)16)13-19(31)29-9-4-5-10-29)21-17(11-25)23(26)32-24-20(21)14(2)27-28-24/h6-8,12,21H,3-5,9-10,13,26H2,1-2H3,(H,27,28). The fourth-order valence-corrected chi connectivity index (χ4v) is 5.03. The second kappa shape index (κ2) is 7.75. The highest BCUT2D eigenvalue weighted by molar-refractivity contribution is 5.90. The first-order chi connectivity index (χ1) is 15.5. The number of nitrogens with zero attached hydrogens (tertiary/aromatic N) is 4. The molecule has 1 amide bonds. The van der Waals surface area contributed by atoms with E-state index in [0.29, 0.717) is 11.5 Å². The van der Waals surface area contributed by atoms with E-state index in [1.165, 1.54) is 0 Å². The third kappa shape index (κ3) is 3.04. The minimum absolute atomic E-state index is 0.0668. The van der Waals surface area contributed by atoms with Gasteiger partial charge < -0.3 is 19.9 Å². The number of nitriles is 1. The topological polar surface area (TPSA) is 113 Å². The van der Waals surface area contributed by atoms with E-state index in [9.17, 15) is 10.1 Å². The zero-order valence-electron chi connectivity index (χ0n) is 18.3. The van der Waals surface area contributed by atoms with Gasteiger partial charge in [-0.25, -0.2) is 0 Å². The summed E-state index contributed by atoms with van der Waals surface area (Å²) in [5, 5.41) is 18.2. The van der Waals surface area contributed by atoms with E-state index in [2.05, 4.69) is 35.3 Å². The van der Waals surface area contributed by atoms with Gasteiger partial charge in [0.25, 0.3) is 0 Å². The van der Waals surface area contributed by atoms with E-state index < -0.39 is 5.92 Å². The van der Waals surface area contributed by atoms with Crippen LogP contribution in [-0.4, -0.2) is 38.7 Å². The van der Waals surface area contributed by atoms with Gasteiger partial charge in [-0.3, -0.25) is 9.89 Å². The quantitative estimate of drug-likeness (QED) is 0.660. The first-order valence-corrected chi connectivity index (χ1v) is 11.0. The molecular weight excluding hydrogens is 404 g/mol. The molecule has 0 aliphatic carbocycles. The summed E-state index contributed by atoms with van der Waals surface area (Å²) in [6.45, 7) is 5.93. The number of fused-ring (bicyclic) bond motifs is 2. The van der Waals surface area contributed by atoms with Gasteiger partial charge in [-0.05, 0) is 37.3 Å². The van der Waals surface area contributed by atoms with Crippen LogP contribution in [0, 0.1) is 18.3 Å². The third-order valence-corrected chi connectivity index (χ3v) is 6.60. The van der Waals surface area contributed by atoms with Crippen LogP contribution in [0.3, 0.4) is 0 Å². The molecule has 5 rings (SSSR count). The third-order valence-electron chi connectivity index (χ3n) is 6.60. The number of nitrogens with one attached hydrogen (secondary N) is 1. The maximum Gasteiger partial charge on any atom is 0.244 e. The Hall–Kier alpha value is -3.73. The lowest BCUT2D eigenvalue weighted by molar-refractivity contribution is -0.130. The molecular formula is C24H26N6O2. The number of aryl methyl sites for hydroxylation is 2. The first kappa shape index (κ1) is 20.2. The molecule has 2 aliphatic heterocycles. The van der Waals surface area contributed by atoms with E-state index >= 15 is 0 Å². The van der Waals surface area contributed by atoms with Crippen molar-refractivity contribution in [2.24, 2.45) is 5.73 Å². The number of allylic oxidation sites excluding steroid dienone is 1. The molecule has 3 aromatic rings. The summed E-state index contributed by atoms with van der Waals surface area (Å²) in [4.78, 5) is 15.0. The van der Waals surface area contributed by atoms with Crippen molar-refractivity contribution in [2.75, 3.05) is 13.1 Å². The average molecular weight is 431 g/mol. The van der Waals surface area contributed by atoms with Crippen LogP contribution in [0.25, 0.3) is 10.9 Å². The molecule has 32 heavy (non-hydrogen) atoms. The molecule has 1 fully saturated rings. The number of ether oxygens (including phenoxy) is 1. The minimum atomic E-state index is -0.416. The van der Waals surface area contributed by atoms with Crippen molar-refractivity contribution >= 4 is 16.8 Å². The maximum absolute atomic E-state index is 13.0. The zero-order chi connectivity index (χ0) is 22.4. The number of aromatic amines is 1. The van der Waals surface area contributed by atoms with Crippen molar-refractivity contribution in [3.05, 3.63) is 58.2 Å². The maximum atomic E-state index is 13.0. The van der Waals surface area contributed by atoms with Gasteiger partial charge in [0.2, 0.25) is 17.7 Å². The molecule has 3 N–H and O–H groups in total. The summed E-state index contributed by atoms with van der Waals surface area (Å²) in [6.07, 6.45) is 4.97. The number of rotatable bonds is 4. The Labute approximate surface area is 186 Å². The largest absolute Gasteiger partial charge is 0.420 e. The number of hydrogen-bond acceptors (Lipinski definition) is 5. The van der Waals surface area contributed by atoms with Crippen molar-refractivity contribution in [1.82, 2.24) is 19.7 Å². The molecule has 1 unspecified atom stereocenters. The van der Waals surface area contributed by atoms with E-state index in [1.807, 2.05) is 28.7 Å². The average Bonchev–Trinajstić information content (AvgIpc) is 3.53. The highest BCUT2D eigenvalue weighted by atomic mass is 16.5. The summed E-state index contributed by atoms with van der Waals surface area (Å²) in [5.74, 6) is 0.168. The van der Waals surface area contributed by atoms with Crippen molar-refractivity contribution in [3.8, 4) is 11.9 Å². The van der Waals surface area contributed by atoms with Gasteiger partial charge in [0.05, 0.1) is 11.4 Å². The van der Waals surface area contributed by atoms with Crippen LogP contribution < -0.4 is 10.5 Å². The van der Waals surface area contributed by atoms with Crippen LogP contribution in [0.5, 0.6) is 5.88 Å². The summed E-state index contributed by atoms with van der Waals surface area (Å²) < 4.78 is 7.67. The molecule has 0 bridgehead atoms. The van der Waals surface area contributed by atoms with E-state index in [4.69, 9.17) is 10.5 Å². The number of carbonyl (C=O) groups excluding carboxylic acids is 1. The smallest absolute Gasteiger partial charge is 0.244 e. The molecule has 8 nitrogen and oxygen atoms in total. The van der Waals surface area contributed by atoms with E-state index in [1.54, 1.807) is 0 Å². The molecule has 1 aromatic carbocycles. The van der Waals surface area contributed by atoms with E-state index in [0.717, 1.165) is 65.6 Å². The number of H-pyrrole nitrogens is 1. The number of likely N-dealkylation sites (tertiary alicyclic amines) is 1. The van der Waals surface area contributed by atoms with Crippen molar-refractivity contribution < 1.29 is 9.53 Å². The molecule has 1 saturated heterocycles. The second-order valence-electron chi connectivity index (χ2n) is 8.46. The number of amides is 1. The summed E-state index contributed by atoms with van der Waals surface area (Å²) in [6, 6.07) is 8.42. The number of hydrogen-bond donors (Lipinski definition) is 2. The predicted molar refractivity (Wildman–Crippen MR) is 120 cm³/mol. The number of para-hydroxylation sites is 1. The van der Waals surface area contributed by atoms with Crippen LogP contribution in [0.15, 0.2) is 35.9 Å². The fourth-order valence-electron chi connectivity index (χ4n) is 5.03. The zero-order valence-corrected chi connectivity index (χ0v) is 18.3. The van der Waals surface area contributed by atoms with Crippen molar-refractivity contribution in [2.45, 2.75) is 45.6 Å². The Balaban J connectivity index is 1.71. The van der Waals surface area contributed by atoms with Gasteiger partial charge >= 0.3 is 0 Å². The normalized spacial score (nSPS) is 18.0. The summed E-state index contributed by atoms with van der Waals surface area (Å²) >= 11 is 0. The molecule has 4 heterocycles. The lowest BCUT2D eigenvalue weighted by atomic mass is 9.84. The monoisotopic (exact) mass is 430 g/mol. The Kier molecular flexibility index (Phi) is 4.89. The number of carbonyl (C=O) groups is 1. The van der Waals surface area contributed by atoms with Gasteiger partial charge in [-0.15, -0.1) is 5.10 Å². The summed E-state index contributed by atoms with van der Waals surface area (Å²) in [7, 11) is 0. The Morgan fingerprint density at radius 2 is 2.16 bits per heavy atom. The SMILES string of the molecule is CCc1cccc2c(C3C(C#N)=C(N)Oc4n[nH]c(C)c43)cn(CC(=O)N3CCCC3)c12. The minimum Gasteiger partial charge on any atom is -0.420 e. The molecule has 1 atom stereocenters. The van der Waals surface area contributed by atoms with Crippen LogP contribution in [0.4, 0.5) is 0 Å². The summed E-state index contributed by atoms with van der Waals surface area (Å²) in [5.41, 5.74) is 11.2. The lowest BCUT2D eigenvalue weighted by Gasteiger charge is -2.23. The van der Waals surface area contributed by atoms with Gasteiger partial charge in [0.1, 0.15) is 18.2 Å². The Morgan fingerprint density at radius 1 is 1.38 bits per heavy atom. The van der Waals surface area contributed by atoms with Gasteiger partial charge in [0.15, 0.2) is 0 Å². The Bertz CT molecular complexity index is 1290. The van der Waals surface area contributed by atoms with Crippen LogP contribution in [-0.2, 0) is 17.8 Å². The number of aromatic nitrogens is 3. The number of benzene rings is 1. The fraction of sp³-hybridized carbons (Fsp3) is 0.375. The van der Waals surface area contributed by atoms with Crippen LogP contribution in [0.1, 0.15) is 48.1 Å². The molecule has 2 aromatic heterocycles. The highest BCUT2D eigenvalue weighted by Crippen LogP contribution is 2.45. The highest BCUT2D eigenvalue weighted by Gasteiger charge is 2.36. The van der Waals surface area contributed by atoms with Crippen molar-refractivity contribution in [1.29, 1.82) is 5.26 Å². The second-order valence-corrected chi connectivity index (χ2v) is 8.46. The first-order valence-electron chi connectivity index (χ1n) is 11.0. The molecule has 0 saturated carbocycles. The predicted octanol–water partition coefficient (Wildman–Crippen LogP) is 3.08. The van der Waals surface area contributed by atoms with Crippen LogP contribution >= 0.6 is 0 Å². The molecule has 0 radical (unpaired) electrons. The van der Waals surface area contributed by atoms with Crippen LogP contribution in [0.2, 0.25) is 0 Å². The van der Waals surface area contributed by atoms with Crippen molar-refractivity contribution in [3.63, 3.8) is 0 Å². The Morgan fingerprint density at radius 3 is 2.88 bits per heavy atom. The molecule has 164 valence electrons. The van der Waals surface area contributed by atoms with Gasteiger partial charge in [0, 0.05) is 35.9 Å².